The van der Waals surface area contributed by atoms with Crippen LogP contribution in [0, 0.1) is 0 Å². The predicted octanol–water partition coefficient (Wildman–Crippen LogP) is 0.460. The number of aromatic hydroxyl groups is 2. The second kappa shape index (κ2) is 5.79. The number of aliphatic carboxylic acids is 1. The van der Waals surface area contributed by atoms with E-state index in [4.69, 9.17) is 9.84 Å². The maximum absolute atomic E-state index is 11.8. The summed E-state index contributed by atoms with van der Waals surface area (Å²) in [5, 5.41) is 29.9. The molecular formula is C13H15NO6. The first-order valence-corrected chi connectivity index (χ1v) is 6.15. The lowest BCUT2D eigenvalue weighted by atomic mass is 10.1. The smallest absolute Gasteiger partial charge is 0.332 e. The summed E-state index contributed by atoms with van der Waals surface area (Å²) in [7, 11) is 0. The van der Waals surface area contributed by atoms with Crippen molar-refractivity contribution in [1.29, 1.82) is 0 Å². The first-order valence-electron chi connectivity index (χ1n) is 6.15. The molecule has 7 nitrogen and oxygen atoms in total. The molecular weight excluding hydrogens is 266 g/mol. The minimum absolute atomic E-state index is 0.121. The Balaban J connectivity index is 1.88. The molecule has 0 radical (unpaired) electrons. The molecule has 1 aliphatic rings. The number of hydrogen-bond acceptors (Lipinski definition) is 5. The van der Waals surface area contributed by atoms with Gasteiger partial charge in [0, 0.05) is 18.2 Å². The highest BCUT2D eigenvalue weighted by molar-refractivity contribution is 5.95. The summed E-state index contributed by atoms with van der Waals surface area (Å²) in [6.45, 7) is 0.180. The molecule has 1 aromatic rings. The molecule has 1 saturated heterocycles. The van der Waals surface area contributed by atoms with Crippen molar-refractivity contribution < 1.29 is 29.6 Å². The number of ether oxygens (including phenoxy) is 1. The van der Waals surface area contributed by atoms with Crippen LogP contribution in [0.4, 0.5) is 0 Å². The molecule has 0 saturated carbocycles. The van der Waals surface area contributed by atoms with Crippen molar-refractivity contribution >= 4 is 11.9 Å². The number of carbonyl (C=O) groups excluding carboxylic acids is 1. The van der Waals surface area contributed by atoms with Gasteiger partial charge < -0.3 is 25.4 Å². The molecule has 108 valence electrons. The van der Waals surface area contributed by atoms with Gasteiger partial charge in [-0.1, -0.05) is 0 Å². The molecule has 1 aromatic carbocycles. The fourth-order valence-electron chi connectivity index (χ4n) is 2.07. The molecule has 1 amide bonds. The molecule has 7 heteroatoms. The third kappa shape index (κ3) is 3.39. The average Bonchev–Trinajstić information content (AvgIpc) is 2.83. The van der Waals surface area contributed by atoms with Gasteiger partial charge >= 0.3 is 5.97 Å². The summed E-state index contributed by atoms with van der Waals surface area (Å²) in [6.07, 6.45) is -0.182. The Labute approximate surface area is 114 Å². The summed E-state index contributed by atoms with van der Waals surface area (Å²) in [6, 6.07) is 3.57. The number of carboxylic acids is 1. The minimum atomic E-state index is -1.00. The van der Waals surface area contributed by atoms with E-state index in [1.165, 1.54) is 12.1 Å². The van der Waals surface area contributed by atoms with Crippen molar-refractivity contribution in [2.75, 3.05) is 6.54 Å². The summed E-state index contributed by atoms with van der Waals surface area (Å²) in [5.74, 6) is -1.90. The first kappa shape index (κ1) is 14.1. The lowest BCUT2D eigenvalue weighted by Gasteiger charge is -2.12. The van der Waals surface area contributed by atoms with Crippen molar-refractivity contribution in [3.05, 3.63) is 23.8 Å². The molecule has 2 atom stereocenters. The van der Waals surface area contributed by atoms with E-state index in [-0.39, 0.29) is 29.7 Å². The number of nitrogens with one attached hydrogen (secondary N) is 1. The molecule has 1 fully saturated rings. The van der Waals surface area contributed by atoms with E-state index in [2.05, 4.69) is 5.32 Å². The fourth-order valence-corrected chi connectivity index (χ4v) is 2.07. The Morgan fingerprint density at radius 1 is 1.20 bits per heavy atom. The first-order chi connectivity index (χ1) is 9.45. The van der Waals surface area contributed by atoms with E-state index in [1.807, 2.05) is 0 Å². The van der Waals surface area contributed by atoms with Gasteiger partial charge in [0.2, 0.25) is 0 Å². The van der Waals surface area contributed by atoms with Gasteiger partial charge in [-0.25, -0.2) is 4.79 Å². The minimum Gasteiger partial charge on any atom is -0.508 e. The van der Waals surface area contributed by atoms with Gasteiger partial charge in [-0.2, -0.15) is 0 Å². The van der Waals surface area contributed by atoms with Crippen LogP contribution in [0.25, 0.3) is 0 Å². The van der Waals surface area contributed by atoms with Crippen LogP contribution in [0.5, 0.6) is 11.5 Å². The Kier molecular flexibility index (Phi) is 4.09. The standard InChI is InChI=1S/C13H15NO6/c15-8-3-7(4-9(16)5-8)12(17)14-6-10-1-2-11(20-10)13(18)19/h3-5,10-11,15-16H,1-2,6H2,(H,14,17)(H,18,19). The zero-order valence-corrected chi connectivity index (χ0v) is 10.6. The molecule has 0 aromatic heterocycles. The summed E-state index contributed by atoms with van der Waals surface area (Å²) >= 11 is 0. The third-order valence-corrected chi connectivity index (χ3v) is 3.04. The molecule has 2 rings (SSSR count). The predicted molar refractivity (Wildman–Crippen MR) is 67.6 cm³/mol. The number of phenolic OH excluding ortho intramolecular Hbond substituents is 2. The molecule has 1 heterocycles. The maximum atomic E-state index is 11.8. The Hall–Kier alpha value is -2.28. The Bertz CT molecular complexity index is 509. The molecule has 1 aliphatic heterocycles. The van der Waals surface area contributed by atoms with E-state index in [1.54, 1.807) is 0 Å². The zero-order chi connectivity index (χ0) is 14.7. The highest BCUT2D eigenvalue weighted by atomic mass is 16.5. The number of hydrogen-bond donors (Lipinski definition) is 4. The zero-order valence-electron chi connectivity index (χ0n) is 10.6. The normalized spacial score (nSPS) is 21.6. The van der Waals surface area contributed by atoms with Gasteiger partial charge in [-0.15, -0.1) is 0 Å². The lowest BCUT2D eigenvalue weighted by Crippen LogP contribution is -2.33. The quantitative estimate of drug-likeness (QED) is 0.637. The molecule has 2 unspecified atom stereocenters. The van der Waals surface area contributed by atoms with Crippen molar-refractivity contribution in [2.24, 2.45) is 0 Å². The molecule has 0 bridgehead atoms. The number of rotatable bonds is 4. The van der Waals surface area contributed by atoms with Crippen molar-refractivity contribution in [1.82, 2.24) is 5.32 Å². The average molecular weight is 281 g/mol. The van der Waals surface area contributed by atoms with Crippen LogP contribution >= 0.6 is 0 Å². The SMILES string of the molecule is O=C(NCC1CCC(C(=O)O)O1)c1cc(O)cc(O)c1. The number of phenols is 2. The monoisotopic (exact) mass is 281 g/mol. The van der Waals surface area contributed by atoms with Crippen LogP contribution in [-0.4, -0.2) is 45.9 Å². The number of amides is 1. The molecule has 20 heavy (non-hydrogen) atoms. The van der Waals surface area contributed by atoms with Gasteiger partial charge in [0.15, 0.2) is 6.10 Å². The van der Waals surface area contributed by atoms with Gasteiger partial charge in [-0.3, -0.25) is 4.79 Å². The highest BCUT2D eigenvalue weighted by Crippen LogP contribution is 2.21. The van der Waals surface area contributed by atoms with E-state index >= 15 is 0 Å². The second-order valence-corrected chi connectivity index (χ2v) is 4.61. The molecule has 0 aliphatic carbocycles. The summed E-state index contributed by atoms with van der Waals surface area (Å²) in [5.41, 5.74) is 0.121. The second-order valence-electron chi connectivity index (χ2n) is 4.61. The van der Waals surface area contributed by atoms with Crippen LogP contribution < -0.4 is 5.32 Å². The number of benzene rings is 1. The Morgan fingerprint density at radius 2 is 1.85 bits per heavy atom. The van der Waals surface area contributed by atoms with Gasteiger partial charge in [0.05, 0.1) is 6.10 Å². The van der Waals surface area contributed by atoms with E-state index in [0.717, 1.165) is 6.07 Å². The number of carboxylic acid groups (broad SMARTS) is 1. The van der Waals surface area contributed by atoms with Crippen molar-refractivity contribution in [3.8, 4) is 11.5 Å². The lowest BCUT2D eigenvalue weighted by molar-refractivity contribution is -0.149. The number of carbonyl (C=O) groups is 2. The van der Waals surface area contributed by atoms with Crippen LogP contribution in [0.15, 0.2) is 18.2 Å². The van der Waals surface area contributed by atoms with Gasteiger partial charge in [0.1, 0.15) is 11.5 Å². The van der Waals surface area contributed by atoms with Crippen LogP contribution in [0.1, 0.15) is 23.2 Å². The van der Waals surface area contributed by atoms with Gasteiger partial charge in [-0.05, 0) is 25.0 Å². The fraction of sp³-hybridized carbons (Fsp3) is 0.385. The Morgan fingerprint density at radius 3 is 2.40 bits per heavy atom. The summed E-state index contributed by atoms with van der Waals surface area (Å²) < 4.78 is 5.24. The van der Waals surface area contributed by atoms with Crippen LogP contribution in [-0.2, 0) is 9.53 Å². The maximum Gasteiger partial charge on any atom is 0.332 e. The molecule has 0 spiro atoms. The van der Waals surface area contributed by atoms with Gasteiger partial charge in [0.25, 0.3) is 5.91 Å². The van der Waals surface area contributed by atoms with Crippen LogP contribution in [0.2, 0.25) is 0 Å². The van der Waals surface area contributed by atoms with E-state index in [9.17, 15) is 19.8 Å². The van der Waals surface area contributed by atoms with Crippen molar-refractivity contribution in [2.45, 2.75) is 25.0 Å². The molecule has 4 N–H and O–H groups in total. The third-order valence-electron chi connectivity index (χ3n) is 3.04. The highest BCUT2D eigenvalue weighted by Gasteiger charge is 2.30. The summed E-state index contributed by atoms with van der Waals surface area (Å²) in [4.78, 5) is 22.5. The van der Waals surface area contributed by atoms with Crippen LogP contribution in [0.3, 0.4) is 0 Å². The largest absolute Gasteiger partial charge is 0.508 e. The van der Waals surface area contributed by atoms with E-state index in [0.29, 0.717) is 12.8 Å². The van der Waals surface area contributed by atoms with E-state index < -0.39 is 18.0 Å². The topological polar surface area (TPSA) is 116 Å². The van der Waals surface area contributed by atoms with Crippen molar-refractivity contribution in [3.63, 3.8) is 0 Å².